The molecule has 0 atom stereocenters. The maximum absolute atomic E-state index is 8.96. The van der Waals surface area contributed by atoms with Crippen LogP contribution < -0.4 is 5.73 Å². The van der Waals surface area contributed by atoms with E-state index in [1.807, 2.05) is 54.2 Å². The van der Waals surface area contributed by atoms with Crippen molar-refractivity contribution in [1.29, 1.82) is 5.26 Å². The molecular weight excluding hydrogens is 236 g/mol. The highest BCUT2D eigenvalue weighted by Gasteiger charge is 2.06. The molecule has 2 N–H and O–H groups in total. The summed E-state index contributed by atoms with van der Waals surface area (Å²) in [6.45, 7) is 1.92. The Labute approximate surface area is 110 Å². The van der Waals surface area contributed by atoms with Crippen LogP contribution in [0.15, 0.2) is 42.6 Å². The SMILES string of the molecule is Cc1cc(-n2ncc3ccc(N)cc32)ccc1C#N. The lowest BCUT2D eigenvalue weighted by Gasteiger charge is -2.06. The molecule has 4 nitrogen and oxygen atoms in total. The Hall–Kier alpha value is -2.80. The maximum atomic E-state index is 8.96. The third-order valence-electron chi connectivity index (χ3n) is 3.17. The van der Waals surface area contributed by atoms with Crippen molar-refractivity contribution in [2.45, 2.75) is 6.92 Å². The van der Waals surface area contributed by atoms with Crippen LogP contribution >= 0.6 is 0 Å². The summed E-state index contributed by atoms with van der Waals surface area (Å²) in [5.41, 5.74) is 10.0. The van der Waals surface area contributed by atoms with E-state index >= 15 is 0 Å². The van der Waals surface area contributed by atoms with Gasteiger partial charge in [0.05, 0.1) is 29.0 Å². The second-order valence-corrected chi connectivity index (χ2v) is 4.49. The third kappa shape index (κ3) is 1.81. The van der Waals surface area contributed by atoms with Crippen LogP contribution in [-0.2, 0) is 0 Å². The predicted octanol–water partition coefficient (Wildman–Crippen LogP) is 2.79. The first kappa shape index (κ1) is 11.3. The van der Waals surface area contributed by atoms with Gasteiger partial charge < -0.3 is 5.73 Å². The summed E-state index contributed by atoms with van der Waals surface area (Å²) >= 11 is 0. The molecule has 0 aliphatic rings. The number of rotatable bonds is 1. The van der Waals surface area contributed by atoms with Crippen molar-refractivity contribution < 1.29 is 0 Å². The fourth-order valence-corrected chi connectivity index (χ4v) is 2.15. The number of hydrogen-bond acceptors (Lipinski definition) is 3. The van der Waals surface area contributed by atoms with Gasteiger partial charge in [0, 0.05) is 11.1 Å². The van der Waals surface area contributed by atoms with Crippen molar-refractivity contribution in [3.05, 3.63) is 53.7 Å². The number of hydrogen-bond donors (Lipinski definition) is 1. The standard InChI is InChI=1S/C15H12N4/c1-10-6-14(5-3-11(10)8-16)19-15-7-13(17)4-2-12(15)9-18-19/h2-7,9H,17H2,1H3. The van der Waals surface area contributed by atoms with Crippen LogP contribution in [0.4, 0.5) is 5.69 Å². The highest BCUT2D eigenvalue weighted by atomic mass is 15.3. The van der Waals surface area contributed by atoms with Gasteiger partial charge in [-0.3, -0.25) is 0 Å². The second-order valence-electron chi connectivity index (χ2n) is 4.49. The molecule has 0 radical (unpaired) electrons. The zero-order chi connectivity index (χ0) is 13.4. The van der Waals surface area contributed by atoms with Crippen molar-refractivity contribution in [1.82, 2.24) is 9.78 Å². The molecule has 2 aromatic carbocycles. The van der Waals surface area contributed by atoms with E-state index in [1.165, 1.54) is 0 Å². The number of benzene rings is 2. The molecule has 0 fully saturated rings. The van der Waals surface area contributed by atoms with E-state index in [-0.39, 0.29) is 0 Å². The Bertz CT molecular complexity index is 809. The molecule has 0 spiro atoms. The van der Waals surface area contributed by atoms with E-state index in [9.17, 15) is 0 Å². The van der Waals surface area contributed by atoms with Crippen LogP contribution in [0, 0.1) is 18.3 Å². The van der Waals surface area contributed by atoms with Gasteiger partial charge in [0.15, 0.2) is 0 Å². The normalized spacial score (nSPS) is 10.5. The van der Waals surface area contributed by atoms with Crippen LogP contribution in [0.5, 0.6) is 0 Å². The lowest BCUT2D eigenvalue weighted by molar-refractivity contribution is 0.909. The Morgan fingerprint density at radius 3 is 2.79 bits per heavy atom. The van der Waals surface area contributed by atoms with Gasteiger partial charge >= 0.3 is 0 Å². The van der Waals surface area contributed by atoms with Gasteiger partial charge in [0.1, 0.15) is 0 Å². The molecule has 3 rings (SSSR count). The van der Waals surface area contributed by atoms with Crippen LogP contribution in [0.3, 0.4) is 0 Å². The lowest BCUT2D eigenvalue weighted by atomic mass is 10.1. The predicted molar refractivity (Wildman–Crippen MR) is 74.9 cm³/mol. The molecule has 0 saturated carbocycles. The van der Waals surface area contributed by atoms with Crippen molar-refractivity contribution in [3.8, 4) is 11.8 Å². The monoisotopic (exact) mass is 248 g/mol. The Morgan fingerprint density at radius 1 is 1.21 bits per heavy atom. The first-order valence-corrected chi connectivity index (χ1v) is 5.93. The fourth-order valence-electron chi connectivity index (χ4n) is 2.15. The van der Waals surface area contributed by atoms with Gasteiger partial charge in [-0.15, -0.1) is 0 Å². The summed E-state index contributed by atoms with van der Waals surface area (Å²) in [4.78, 5) is 0. The van der Waals surface area contributed by atoms with Gasteiger partial charge in [-0.05, 0) is 48.9 Å². The van der Waals surface area contributed by atoms with E-state index in [1.54, 1.807) is 0 Å². The molecular formula is C15H12N4. The molecule has 0 saturated heterocycles. The summed E-state index contributed by atoms with van der Waals surface area (Å²) in [5, 5.41) is 14.4. The lowest BCUT2D eigenvalue weighted by Crippen LogP contribution is -1.98. The zero-order valence-electron chi connectivity index (χ0n) is 10.5. The van der Waals surface area contributed by atoms with E-state index in [0.717, 1.165) is 22.2 Å². The van der Waals surface area contributed by atoms with Gasteiger partial charge in [0.25, 0.3) is 0 Å². The van der Waals surface area contributed by atoms with Gasteiger partial charge in [-0.2, -0.15) is 10.4 Å². The summed E-state index contributed by atoms with van der Waals surface area (Å²) in [5.74, 6) is 0. The molecule has 3 aromatic rings. The molecule has 0 bridgehead atoms. The number of nitrogens with two attached hydrogens (primary N) is 1. The van der Waals surface area contributed by atoms with Gasteiger partial charge in [-0.25, -0.2) is 4.68 Å². The molecule has 19 heavy (non-hydrogen) atoms. The van der Waals surface area contributed by atoms with Gasteiger partial charge in [0.2, 0.25) is 0 Å². The molecule has 0 aliphatic carbocycles. The maximum Gasteiger partial charge on any atom is 0.0994 e. The number of nitrogens with zero attached hydrogens (tertiary/aromatic N) is 3. The molecule has 0 amide bonds. The van der Waals surface area contributed by atoms with E-state index in [0.29, 0.717) is 11.3 Å². The quantitative estimate of drug-likeness (QED) is 0.673. The number of anilines is 1. The minimum Gasteiger partial charge on any atom is -0.399 e. The Kier molecular flexibility index (Phi) is 2.46. The average Bonchev–Trinajstić information content (AvgIpc) is 2.81. The summed E-state index contributed by atoms with van der Waals surface area (Å²) < 4.78 is 1.83. The van der Waals surface area contributed by atoms with Crippen LogP contribution in [-0.4, -0.2) is 9.78 Å². The second kappa shape index (κ2) is 4.14. The Balaban J connectivity index is 2.22. The number of aryl methyl sites for hydroxylation is 1. The molecule has 0 unspecified atom stereocenters. The molecule has 1 aromatic heterocycles. The van der Waals surface area contributed by atoms with Gasteiger partial charge in [-0.1, -0.05) is 0 Å². The van der Waals surface area contributed by atoms with E-state index < -0.39 is 0 Å². The molecule has 4 heteroatoms. The highest BCUT2D eigenvalue weighted by molar-refractivity contribution is 5.83. The number of fused-ring (bicyclic) bond motifs is 1. The minimum absolute atomic E-state index is 0.680. The summed E-state index contributed by atoms with van der Waals surface area (Å²) in [7, 11) is 0. The first-order chi connectivity index (χ1) is 9.19. The first-order valence-electron chi connectivity index (χ1n) is 5.93. The number of nitrogen functional groups attached to an aromatic ring is 1. The van der Waals surface area contributed by atoms with E-state index in [4.69, 9.17) is 11.0 Å². The molecule has 92 valence electrons. The number of aromatic nitrogens is 2. The van der Waals surface area contributed by atoms with Crippen molar-refractivity contribution >= 4 is 16.6 Å². The average molecular weight is 248 g/mol. The smallest absolute Gasteiger partial charge is 0.0994 e. The van der Waals surface area contributed by atoms with Crippen molar-refractivity contribution in [2.75, 3.05) is 5.73 Å². The topological polar surface area (TPSA) is 67.6 Å². The van der Waals surface area contributed by atoms with E-state index in [2.05, 4.69) is 11.2 Å². The molecule has 1 heterocycles. The fraction of sp³-hybridized carbons (Fsp3) is 0.0667. The van der Waals surface area contributed by atoms with Crippen LogP contribution in [0.25, 0.3) is 16.6 Å². The van der Waals surface area contributed by atoms with Crippen LogP contribution in [0.2, 0.25) is 0 Å². The largest absolute Gasteiger partial charge is 0.399 e. The summed E-state index contributed by atoms with van der Waals surface area (Å²) in [6.07, 6.45) is 1.81. The highest BCUT2D eigenvalue weighted by Crippen LogP contribution is 2.22. The Morgan fingerprint density at radius 2 is 2.05 bits per heavy atom. The van der Waals surface area contributed by atoms with Crippen LogP contribution in [0.1, 0.15) is 11.1 Å². The summed E-state index contributed by atoms with van der Waals surface area (Å²) in [6, 6.07) is 13.5. The third-order valence-corrected chi connectivity index (χ3v) is 3.17. The number of nitriles is 1. The van der Waals surface area contributed by atoms with Crippen molar-refractivity contribution in [3.63, 3.8) is 0 Å². The van der Waals surface area contributed by atoms with Crippen molar-refractivity contribution in [2.24, 2.45) is 0 Å². The zero-order valence-corrected chi connectivity index (χ0v) is 10.5. The minimum atomic E-state index is 0.680. The molecule has 0 aliphatic heterocycles.